The van der Waals surface area contributed by atoms with Crippen molar-refractivity contribution < 1.29 is 9.84 Å². The van der Waals surface area contributed by atoms with Crippen LogP contribution in [0.1, 0.15) is 24.3 Å². The summed E-state index contributed by atoms with van der Waals surface area (Å²) in [5.74, 6) is 0. The number of ether oxygens (including phenoxy) is 1. The van der Waals surface area contributed by atoms with Gasteiger partial charge in [-0.2, -0.15) is 0 Å². The number of morpholine rings is 1. The van der Waals surface area contributed by atoms with E-state index in [1.165, 1.54) is 0 Å². The summed E-state index contributed by atoms with van der Waals surface area (Å²) in [5.41, 5.74) is 1.89. The fraction of sp³-hybridized carbons (Fsp3) is 0.438. The molecule has 2 heterocycles. The molecule has 21 heavy (non-hydrogen) atoms. The molecule has 3 rings (SSSR count). The molecule has 0 spiro atoms. The van der Waals surface area contributed by atoms with E-state index in [-0.39, 0.29) is 6.10 Å². The predicted molar refractivity (Wildman–Crippen MR) is 84.8 cm³/mol. The van der Waals surface area contributed by atoms with E-state index in [4.69, 9.17) is 4.74 Å². The SMILES string of the molecule is CC1CN(c2nc(CC(O)c3ccccc3)cs2)CCO1. The van der Waals surface area contributed by atoms with E-state index in [0.717, 1.165) is 36.1 Å². The van der Waals surface area contributed by atoms with Crippen LogP contribution in [-0.4, -0.2) is 35.9 Å². The summed E-state index contributed by atoms with van der Waals surface area (Å²) in [7, 11) is 0. The van der Waals surface area contributed by atoms with Gasteiger partial charge in [0, 0.05) is 24.9 Å². The van der Waals surface area contributed by atoms with Crippen molar-refractivity contribution in [2.75, 3.05) is 24.6 Å². The Morgan fingerprint density at radius 3 is 3.00 bits per heavy atom. The number of rotatable bonds is 4. The standard InChI is InChI=1S/C16H20N2O2S/c1-12-10-18(7-8-20-12)16-17-14(11-21-16)9-15(19)13-5-3-2-4-6-13/h2-6,11-12,15,19H,7-10H2,1H3. The van der Waals surface area contributed by atoms with Crippen LogP contribution in [0.2, 0.25) is 0 Å². The lowest BCUT2D eigenvalue weighted by Gasteiger charge is -2.30. The molecule has 1 saturated heterocycles. The molecule has 1 N–H and O–H groups in total. The average molecular weight is 304 g/mol. The molecule has 1 fully saturated rings. The monoisotopic (exact) mass is 304 g/mol. The summed E-state index contributed by atoms with van der Waals surface area (Å²) in [6, 6.07) is 9.74. The second-order valence-corrected chi connectivity index (χ2v) is 6.22. The minimum Gasteiger partial charge on any atom is -0.388 e. The molecule has 112 valence electrons. The third-order valence-corrected chi connectivity index (χ3v) is 4.59. The lowest BCUT2D eigenvalue weighted by Crippen LogP contribution is -2.41. The molecule has 1 aliphatic rings. The largest absolute Gasteiger partial charge is 0.388 e. The average Bonchev–Trinajstić information content (AvgIpc) is 2.97. The summed E-state index contributed by atoms with van der Waals surface area (Å²) < 4.78 is 5.55. The van der Waals surface area contributed by atoms with Crippen molar-refractivity contribution in [1.82, 2.24) is 4.98 Å². The zero-order valence-electron chi connectivity index (χ0n) is 12.1. The normalized spacial score (nSPS) is 20.5. The highest BCUT2D eigenvalue weighted by Gasteiger charge is 2.20. The van der Waals surface area contributed by atoms with Gasteiger partial charge >= 0.3 is 0 Å². The van der Waals surface area contributed by atoms with Gasteiger partial charge in [0.2, 0.25) is 0 Å². The summed E-state index contributed by atoms with van der Waals surface area (Å²) in [5, 5.41) is 13.3. The fourth-order valence-corrected chi connectivity index (χ4v) is 3.39. The maximum atomic E-state index is 10.3. The minimum atomic E-state index is -0.496. The van der Waals surface area contributed by atoms with Gasteiger partial charge in [0.1, 0.15) is 0 Å². The van der Waals surface area contributed by atoms with Crippen molar-refractivity contribution in [3.63, 3.8) is 0 Å². The summed E-state index contributed by atoms with van der Waals surface area (Å²) >= 11 is 1.64. The minimum absolute atomic E-state index is 0.251. The van der Waals surface area contributed by atoms with Crippen molar-refractivity contribution in [1.29, 1.82) is 0 Å². The second kappa shape index (κ2) is 6.56. The van der Waals surface area contributed by atoms with Crippen LogP contribution in [0.15, 0.2) is 35.7 Å². The zero-order chi connectivity index (χ0) is 14.7. The van der Waals surface area contributed by atoms with Crippen molar-refractivity contribution in [2.24, 2.45) is 0 Å². The topological polar surface area (TPSA) is 45.6 Å². The summed E-state index contributed by atoms with van der Waals surface area (Å²) in [6.45, 7) is 4.61. The van der Waals surface area contributed by atoms with E-state index in [1.807, 2.05) is 35.7 Å². The Morgan fingerprint density at radius 1 is 1.43 bits per heavy atom. The molecular weight excluding hydrogens is 284 g/mol. The van der Waals surface area contributed by atoms with E-state index in [2.05, 4.69) is 16.8 Å². The van der Waals surface area contributed by atoms with Crippen molar-refractivity contribution >= 4 is 16.5 Å². The maximum Gasteiger partial charge on any atom is 0.185 e. The molecule has 2 unspecified atom stereocenters. The number of thiazole rings is 1. The summed E-state index contributed by atoms with van der Waals surface area (Å²) in [4.78, 5) is 6.92. The third-order valence-electron chi connectivity index (χ3n) is 3.64. The molecule has 2 aromatic rings. The Balaban J connectivity index is 1.65. The van der Waals surface area contributed by atoms with Crippen LogP contribution in [0, 0.1) is 0 Å². The number of nitrogens with zero attached hydrogens (tertiary/aromatic N) is 2. The quantitative estimate of drug-likeness (QED) is 0.943. The van der Waals surface area contributed by atoms with Gasteiger partial charge in [-0.3, -0.25) is 0 Å². The highest BCUT2D eigenvalue weighted by atomic mass is 32.1. The van der Waals surface area contributed by atoms with Crippen LogP contribution in [0.3, 0.4) is 0 Å². The summed E-state index contributed by atoms with van der Waals surface area (Å²) in [6.07, 6.45) is 0.311. The van der Waals surface area contributed by atoms with E-state index in [9.17, 15) is 5.11 Å². The number of aliphatic hydroxyl groups excluding tert-OH is 1. The van der Waals surface area contributed by atoms with E-state index in [0.29, 0.717) is 6.42 Å². The highest BCUT2D eigenvalue weighted by molar-refractivity contribution is 7.13. The smallest absolute Gasteiger partial charge is 0.185 e. The molecule has 5 heteroatoms. The number of aromatic nitrogens is 1. The van der Waals surface area contributed by atoms with Crippen molar-refractivity contribution in [3.05, 3.63) is 47.0 Å². The van der Waals surface area contributed by atoms with Gasteiger partial charge in [0.15, 0.2) is 5.13 Å². The molecule has 0 aliphatic carbocycles. The first kappa shape index (κ1) is 14.5. The number of anilines is 1. The van der Waals surface area contributed by atoms with Crippen LogP contribution in [0.4, 0.5) is 5.13 Å². The zero-order valence-corrected chi connectivity index (χ0v) is 12.9. The third kappa shape index (κ3) is 3.61. The van der Waals surface area contributed by atoms with Gasteiger partial charge < -0.3 is 14.7 Å². The first-order valence-electron chi connectivity index (χ1n) is 7.26. The molecular formula is C16H20N2O2S. The molecule has 1 aromatic carbocycles. The molecule has 4 nitrogen and oxygen atoms in total. The first-order valence-corrected chi connectivity index (χ1v) is 8.14. The Bertz CT molecular complexity index is 573. The molecule has 0 saturated carbocycles. The van der Waals surface area contributed by atoms with Gasteiger partial charge in [-0.05, 0) is 12.5 Å². The van der Waals surface area contributed by atoms with E-state index >= 15 is 0 Å². The van der Waals surface area contributed by atoms with Crippen LogP contribution >= 0.6 is 11.3 Å². The predicted octanol–water partition coefficient (Wildman–Crippen LogP) is 2.64. The van der Waals surface area contributed by atoms with Gasteiger partial charge in [0.25, 0.3) is 0 Å². The molecule has 2 atom stereocenters. The lowest BCUT2D eigenvalue weighted by molar-refractivity contribution is 0.0532. The lowest BCUT2D eigenvalue weighted by atomic mass is 10.1. The molecule has 1 aliphatic heterocycles. The van der Waals surface area contributed by atoms with Crippen LogP contribution < -0.4 is 4.90 Å². The second-order valence-electron chi connectivity index (χ2n) is 5.38. The van der Waals surface area contributed by atoms with Gasteiger partial charge in [-0.15, -0.1) is 11.3 Å². The molecule has 0 bridgehead atoms. The number of hydrogen-bond acceptors (Lipinski definition) is 5. The van der Waals surface area contributed by atoms with Gasteiger partial charge in [-0.25, -0.2) is 4.98 Å². The molecule has 0 amide bonds. The first-order chi connectivity index (χ1) is 10.2. The van der Waals surface area contributed by atoms with E-state index in [1.54, 1.807) is 11.3 Å². The van der Waals surface area contributed by atoms with Crippen LogP contribution in [-0.2, 0) is 11.2 Å². The van der Waals surface area contributed by atoms with Crippen molar-refractivity contribution in [3.8, 4) is 0 Å². The Hall–Kier alpha value is -1.43. The van der Waals surface area contributed by atoms with Gasteiger partial charge in [-0.1, -0.05) is 30.3 Å². The van der Waals surface area contributed by atoms with Crippen LogP contribution in [0.25, 0.3) is 0 Å². The maximum absolute atomic E-state index is 10.3. The Morgan fingerprint density at radius 2 is 2.24 bits per heavy atom. The Labute approximate surface area is 129 Å². The molecule has 1 aromatic heterocycles. The van der Waals surface area contributed by atoms with E-state index < -0.39 is 6.10 Å². The fourth-order valence-electron chi connectivity index (χ4n) is 2.52. The number of hydrogen-bond donors (Lipinski definition) is 1. The van der Waals surface area contributed by atoms with Crippen molar-refractivity contribution in [2.45, 2.75) is 25.6 Å². The number of aliphatic hydroxyl groups is 1. The number of benzene rings is 1. The molecule has 0 radical (unpaired) electrons. The highest BCUT2D eigenvalue weighted by Crippen LogP contribution is 2.25. The van der Waals surface area contributed by atoms with Gasteiger partial charge in [0.05, 0.1) is 24.5 Å². The Kier molecular flexibility index (Phi) is 4.53. The van der Waals surface area contributed by atoms with Crippen LogP contribution in [0.5, 0.6) is 0 Å².